The van der Waals surface area contributed by atoms with Crippen molar-refractivity contribution in [1.29, 1.82) is 0 Å². The molecule has 9 nitrogen and oxygen atoms in total. The van der Waals surface area contributed by atoms with Crippen molar-refractivity contribution in [2.75, 3.05) is 24.9 Å². The minimum absolute atomic E-state index is 0.280. The molecule has 10 heteroatoms. The number of methoxy groups -OCH3 is 2. The first-order chi connectivity index (χ1) is 18.3. The lowest BCUT2D eigenvalue weighted by molar-refractivity contribution is -0.123. The van der Waals surface area contributed by atoms with Crippen LogP contribution in [0.2, 0.25) is 0 Å². The number of anilines is 2. The summed E-state index contributed by atoms with van der Waals surface area (Å²) in [5.41, 5.74) is 2.56. The fourth-order valence-electron chi connectivity index (χ4n) is 3.78. The number of rotatable bonds is 9. The Morgan fingerprint density at radius 3 is 2.29 bits per heavy atom. The van der Waals surface area contributed by atoms with Crippen LogP contribution in [-0.4, -0.2) is 36.0 Å². The number of halogens is 1. The maximum atomic E-state index is 13.7. The van der Waals surface area contributed by atoms with Crippen LogP contribution in [0.1, 0.15) is 24.5 Å². The van der Waals surface area contributed by atoms with Gasteiger partial charge in [0.1, 0.15) is 18.0 Å². The molecule has 0 spiro atoms. The molecule has 2 N–H and O–H groups in total. The molecule has 4 aromatic rings. The zero-order chi connectivity index (χ0) is 27.2. The SMILES string of the molecule is CCc1cc(NC(=O)CC(=O)Nc2ccc(C)c(F)c2)cnc1Oc1ccnc2cc(OC)c(OC)cc12. The molecule has 0 atom stereocenters. The summed E-state index contributed by atoms with van der Waals surface area (Å²) in [6.07, 6.45) is 3.21. The van der Waals surface area contributed by atoms with Gasteiger partial charge in [-0.3, -0.25) is 14.6 Å². The zero-order valence-electron chi connectivity index (χ0n) is 21.4. The Morgan fingerprint density at radius 1 is 0.895 bits per heavy atom. The molecule has 2 aromatic heterocycles. The van der Waals surface area contributed by atoms with E-state index in [0.717, 1.165) is 5.56 Å². The van der Waals surface area contributed by atoms with E-state index in [-0.39, 0.29) is 5.69 Å². The molecule has 0 saturated carbocycles. The smallest absolute Gasteiger partial charge is 0.233 e. The molecule has 4 rings (SSSR count). The van der Waals surface area contributed by atoms with Gasteiger partial charge in [0.15, 0.2) is 11.5 Å². The first-order valence-electron chi connectivity index (χ1n) is 11.8. The van der Waals surface area contributed by atoms with Gasteiger partial charge < -0.3 is 24.8 Å². The van der Waals surface area contributed by atoms with Gasteiger partial charge in [-0.15, -0.1) is 0 Å². The van der Waals surface area contributed by atoms with Crippen molar-refractivity contribution in [3.8, 4) is 23.1 Å². The average Bonchev–Trinajstić information content (AvgIpc) is 2.90. The highest BCUT2D eigenvalue weighted by molar-refractivity contribution is 6.08. The highest BCUT2D eigenvalue weighted by Gasteiger charge is 2.15. The lowest BCUT2D eigenvalue weighted by Gasteiger charge is -2.14. The highest BCUT2D eigenvalue weighted by atomic mass is 19.1. The molecule has 0 aliphatic heterocycles. The maximum absolute atomic E-state index is 13.7. The summed E-state index contributed by atoms with van der Waals surface area (Å²) in [4.78, 5) is 33.4. The number of aromatic nitrogens is 2. The zero-order valence-corrected chi connectivity index (χ0v) is 21.4. The molecule has 0 fully saturated rings. The third kappa shape index (κ3) is 5.97. The third-order valence-electron chi connectivity index (χ3n) is 5.78. The van der Waals surface area contributed by atoms with E-state index >= 15 is 0 Å². The third-order valence-corrected chi connectivity index (χ3v) is 5.78. The largest absolute Gasteiger partial charge is 0.493 e. The molecule has 38 heavy (non-hydrogen) atoms. The Hall–Kier alpha value is -4.73. The molecule has 0 saturated heterocycles. The van der Waals surface area contributed by atoms with Gasteiger partial charge in [-0.1, -0.05) is 13.0 Å². The van der Waals surface area contributed by atoms with E-state index in [0.29, 0.717) is 51.7 Å². The van der Waals surface area contributed by atoms with E-state index in [2.05, 4.69) is 20.6 Å². The number of amides is 2. The van der Waals surface area contributed by atoms with Gasteiger partial charge in [-0.25, -0.2) is 9.37 Å². The van der Waals surface area contributed by atoms with Crippen LogP contribution < -0.4 is 24.8 Å². The van der Waals surface area contributed by atoms with E-state index in [1.807, 2.05) is 6.92 Å². The summed E-state index contributed by atoms with van der Waals surface area (Å²) in [6.45, 7) is 3.55. The lowest BCUT2D eigenvalue weighted by Crippen LogP contribution is -2.21. The number of benzene rings is 2. The summed E-state index contributed by atoms with van der Waals surface area (Å²) in [6, 6.07) is 11.3. The molecule has 0 unspecified atom stereocenters. The predicted octanol–water partition coefficient (Wildman–Crippen LogP) is 5.42. The second kappa shape index (κ2) is 11.5. The Morgan fingerprint density at radius 2 is 1.61 bits per heavy atom. The van der Waals surface area contributed by atoms with Crippen LogP contribution in [0.4, 0.5) is 15.8 Å². The van der Waals surface area contributed by atoms with Crippen molar-refractivity contribution in [1.82, 2.24) is 9.97 Å². The number of fused-ring (bicyclic) bond motifs is 1. The van der Waals surface area contributed by atoms with E-state index in [1.165, 1.54) is 12.3 Å². The molecule has 2 heterocycles. The van der Waals surface area contributed by atoms with E-state index in [4.69, 9.17) is 14.2 Å². The van der Waals surface area contributed by atoms with E-state index in [1.54, 1.807) is 63.7 Å². The number of nitrogens with one attached hydrogen (secondary N) is 2. The van der Waals surface area contributed by atoms with Crippen LogP contribution in [0, 0.1) is 12.7 Å². The summed E-state index contributed by atoms with van der Waals surface area (Å²) in [7, 11) is 3.11. The molecule has 196 valence electrons. The molecule has 2 amide bonds. The molecule has 2 aromatic carbocycles. The first kappa shape index (κ1) is 26.3. The van der Waals surface area contributed by atoms with Crippen molar-refractivity contribution in [2.24, 2.45) is 0 Å². The maximum Gasteiger partial charge on any atom is 0.233 e. The van der Waals surface area contributed by atoms with Crippen molar-refractivity contribution < 1.29 is 28.2 Å². The fourth-order valence-corrected chi connectivity index (χ4v) is 3.78. The van der Waals surface area contributed by atoms with Crippen molar-refractivity contribution >= 4 is 34.1 Å². The van der Waals surface area contributed by atoms with Gasteiger partial charge in [-0.05, 0) is 49.2 Å². The van der Waals surface area contributed by atoms with Crippen LogP contribution in [0.3, 0.4) is 0 Å². The standard InChI is InChI=1S/C28H27FN4O5/c1-5-17-10-19(33-27(35)14-26(34)32-18-7-6-16(2)21(29)11-18)15-31-28(17)38-23-8-9-30-22-13-25(37-4)24(36-3)12-20(22)23/h6-13,15H,5,14H2,1-4H3,(H,32,34)(H,33,35). The van der Waals surface area contributed by atoms with Crippen LogP contribution in [0.5, 0.6) is 23.1 Å². The van der Waals surface area contributed by atoms with Gasteiger partial charge >= 0.3 is 0 Å². The van der Waals surface area contributed by atoms with Crippen molar-refractivity contribution in [3.63, 3.8) is 0 Å². The van der Waals surface area contributed by atoms with Crippen LogP contribution >= 0.6 is 0 Å². The quantitative estimate of drug-likeness (QED) is 0.285. The van der Waals surface area contributed by atoms with Crippen LogP contribution in [-0.2, 0) is 16.0 Å². The van der Waals surface area contributed by atoms with Crippen LogP contribution in [0.25, 0.3) is 10.9 Å². The number of hydrogen-bond donors (Lipinski definition) is 2. The molecule has 0 aliphatic carbocycles. The number of pyridine rings is 2. The van der Waals surface area contributed by atoms with Crippen molar-refractivity contribution in [3.05, 3.63) is 71.8 Å². The Kier molecular flexibility index (Phi) is 8.00. The number of ether oxygens (including phenoxy) is 3. The number of carbonyl (C=O) groups is 2. The lowest BCUT2D eigenvalue weighted by atomic mass is 10.1. The monoisotopic (exact) mass is 518 g/mol. The molecular weight excluding hydrogens is 491 g/mol. The minimum Gasteiger partial charge on any atom is -0.493 e. The van der Waals surface area contributed by atoms with E-state index < -0.39 is 24.1 Å². The molecule has 0 bridgehead atoms. The molecular formula is C28H27FN4O5. The number of nitrogens with zero attached hydrogens (tertiary/aromatic N) is 2. The first-order valence-corrected chi connectivity index (χ1v) is 11.8. The number of aryl methyl sites for hydroxylation is 2. The second-order valence-corrected chi connectivity index (χ2v) is 8.41. The summed E-state index contributed by atoms with van der Waals surface area (Å²) in [5.74, 6) is 0.449. The Labute approximate surface area is 219 Å². The Bertz CT molecular complexity index is 1510. The summed E-state index contributed by atoms with van der Waals surface area (Å²) in [5, 5.41) is 5.90. The van der Waals surface area contributed by atoms with Gasteiger partial charge in [0.05, 0.1) is 31.6 Å². The van der Waals surface area contributed by atoms with Gasteiger partial charge in [0.25, 0.3) is 0 Å². The average molecular weight is 519 g/mol. The normalized spacial score (nSPS) is 10.7. The van der Waals surface area contributed by atoms with Crippen LogP contribution in [0.15, 0.2) is 54.9 Å². The number of hydrogen-bond acceptors (Lipinski definition) is 7. The second-order valence-electron chi connectivity index (χ2n) is 8.41. The Balaban J connectivity index is 1.47. The summed E-state index contributed by atoms with van der Waals surface area (Å²) < 4.78 is 30.6. The van der Waals surface area contributed by atoms with E-state index in [9.17, 15) is 14.0 Å². The van der Waals surface area contributed by atoms with Gasteiger partial charge in [0.2, 0.25) is 17.7 Å². The summed E-state index contributed by atoms with van der Waals surface area (Å²) >= 11 is 0. The minimum atomic E-state index is -0.564. The predicted molar refractivity (Wildman–Crippen MR) is 142 cm³/mol. The molecule has 0 radical (unpaired) electrons. The topological polar surface area (TPSA) is 112 Å². The highest BCUT2D eigenvalue weighted by Crippen LogP contribution is 2.37. The van der Waals surface area contributed by atoms with Crippen molar-refractivity contribution in [2.45, 2.75) is 26.7 Å². The fraction of sp³-hybridized carbons (Fsp3) is 0.214. The van der Waals surface area contributed by atoms with Gasteiger partial charge in [-0.2, -0.15) is 0 Å². The molecule has 0 aliphatic rings. The number of carbonyl (C=O) groups excluding carboxylic acids is 2. The van der Waals surface area contributed by atoms with Gasteiger partial charge in [0, 0.05) is 28.9 Å².